The number of anilines is 1. The van der Waals surface area contributed by atoms with Gasteiger partial charge in [-0.3, -0.25) is 0 Å². The number of aliphatic hydroxyl groups is 2. The Bertz CT molecular complexity index is 420. The summed E-state index contributed by atoms with van der Waals surface area (Å²) < 4.78 is 0. The predicted octanol–water partition coefficient (Wildman–Crippen LogP) is 0.922. The normalized spacial score (nSPS) is 28.8. The van der Waals surface area contributed by atoms with Crippen LogP contribution in [0, 0.1) is 0 Å². The molecule has 0 unspecified atom stereocenters. The third-order valence-electron chi connectivity index (χ3n) is 3.64. The van der Waals surface area contributed by atoms with Gasteiger partial charge in [-0.1, -0.05) is 13.8 Å². The predicted molar refractivity (Wildman–Crippen MR) is 69.6 cm³/mol. The number of β-amino-alcohol motifs (C(OH)–C–C–N with tert-alkyl or cyclic N) is 1. The third-order valence-corrected chi connectivity index (χ3v) is 3.64. The van der Waals surface area contributed by atoms with Gasteiger partial charge in [-0.2, -0.15) is 0 Å². The molecule has 1 aliphatic heterocycles. The molecule has 2 rings (SSSR count). The summed E-state index contributed by atoms with van der Waals surface area (Å²) in [5.74, 6) is 1.20. The number of rotatable bonds is 2. The lowest BCUT2D eigenvalue weighted by Gasteiger charge is -2.41. The van der Waals surface area contributed by atoms with Crippen LogP contribution in [-0.4, -0.2) is 45.0 Å². The van der Waals surface area contributed by atoms with E-state index in [0.717, 1.165) is 11.4 Å². The monoisotopic (exact) mass is 251 g/mol. The van der Waals surface area contributed by atoms with E-state index in [1.807, 2.05) is 11.1 Å². The van der Waals surface area contributed by atoms with E-state index in [0.29, 0.717) is 25.4 Å². The van der Waals surface area contributed by atoms with Crippen molar-refractivity contribution in [3.05, 3.63) is 18.1 Å². The van der Waals surface area contributed by atoms with Crippen LogP contribution in [0.3, 0.4) is 0 Å². The minimum absolute atomic E-state index is 0.334. The molecular weight excluding hydrogens is 230 g/mol. The smallest absolute Gasteiger partial charge is 0.135 e. The number of nitrogens with zero attached hydrogens (tertiary/aromatic N) is 3. The highest BCUT2D eigenvalue weighted by atomic mass is 16.3. The lowest BCUT2D eigenvalue weighted by molar-refractivity contribution is -0.0723. The van der Waals surface area contributed by atoms with Crippen LogP contribution in [0.1, 0.15) is 38.7 Å². The average molecular weight is 251 g/mol. The quantitative estimate of drug-likeness (QED) is 0.818. The zero-order chi connectivity index (χ0) is 13.3. The topological polar surface area (TPSA) is 69.5 Å². The summed E-state index contributed by atoms with van der Waals surface area (Å²) in [5, 5.41) is 19.9. The molecule has 0 saturated carbocycles. The molecule has 1 saturated heterocycles. The maximum absolute atomic E-state index is 9.98. The molecule has 0 aromatic carbocycles. The Balaban J connectivity index is 2.23. The molecule has 0 aliphatic carbocycles. The van der Waals surface area contributed by atoms with E-state index in [4.69, 9.17) is 0 Å². The highest BCUT2D eigenvalue weighted by Crippen LogP contribution is 2.29. The van der Waals surface area contributed by atoms with Gasteiger partial charge in [0.25, 0.3) is 0 Å². The van der Waals surface area contributed by atoms with Crippen molar-refractivity contribution in [2.24, 2.45) is 0 Å². The number of hydrogen-bond acceptors (Lipinski definition) is 5. The van der Waals surface area contributed by atoms with Gasteiger partial charge < -0.3 is 15.1 Å². The molecule has 1 fully saturated rings. The highest BCUT2D eigenvalue weighted by Gasteiger charge is 2.37. The summed E-state index contributed by atoms with van der Waals surface area (Å²) in [5.41, 5.74) is 0.0767. The Morgan fingerprint density at radius 3 is 2.83 bits per heavy atom. The summed E-state index contributed by atoms with van der Waals surface area (Å²) in [7, 11) is 0. The molecule has 18 heavy (non-hydrogen) atoms. The number of aromatic nitrogens is 2. The first-order valence-corrected chi connectivity index (χ1v) is 6.37. The maximum atomic E-state index is 9.98. The molecule has 0 amide bonds. The molecule has 2 atom stereocenters. The van der Waals surface area contributed by atoms with Gasteiger partial charge in [0.2, 0.25) is 0 Å². The first-order chi connectivity index (χ1) is 8.42. The van der Waals surface area contributed by atoms with E-state index < -0.39 is 11.7 Å². The highest BCUT2D eigenvalue weighted by molar-refractivity contribution is 5.47. The lowest BCUT2D eigenvalue weighted by atomic mass is 9.90. The SMILES string of the molecule is CC(C)c1cncnc1N1CC[C@](C)(O)[C@H](O)C1. The molecule has 1 aromatic rings. The van der Waals surface area contributed by atoms with Crippen molar-refractivity contribution in [1.82, 2.24) is 9.97 Å². The van der Waals surface area contributed by atoms with Gasteiger partial charge in [0.1, 0.15) is 12.1 Å². The van der Waals surface area contributed by atoms with Crippen molar-refractivity contribution >= 4 is 5.82 Å². The fourth-order valence-electron chi connectivity index (χ4n) is 2.22. The average Bonchev–Trinajstić information content (AvgIpc) is 2.33. The molecule has 2 N–H and O–H groups in total. The molecule has 5 heteroatoms. The molecular formula is C13H21N3O2. The van der Waals surface area contributed by atoms with E-state index >= 15 is 0 Å². The first kappa shape index (κ1) is 13.2. The second kappa shape index (κ2) is 4.82. The van der Waals surface area contributed by atoms with Crippen molar-refractivity contribution in [3.63, 3.8) is 0 Å². The summed E-state index contributed by atoms with van der Waals surface area (Å²) >= 11 is 0. The molecule has 0 spiro atoms. The zero-order valence-corrected chi connectivity index (χ0v) is 11.2. The van der Waals surface area contributed by atoms with Crippen LogP contribution in [0.2, 0.25) is 0 Å². The summed E-state index contributed by atoms with van der Waals surface area (Å²) in [4.78, 5) is 10.4. The Morgan fingerprint density at radius 1 is 1.50 bits per heavy atom. The van der Waals surface area contributed by atoms with Crippen LogP contribution >= 0.6 is 0 Å². The summed E-state index contributed by atoms with van der Waals surface area (Å²) in [6, 6.07) is 0. The zero-order valence-electron chi connectivity index (χ0n) is 11.2. The Labute approximate surface area is 107 Å². The molecule has 1 aliphatic rings. The van der Waals surface area contributed by atoms with E-state index in [1.165, 1.54) is 6.33 Å². The molecule has 2 heterocycles. The fourth-order valence-corrected chi connectivity index (χ4v) is 2.22. The van der Waals surface area contributed by atoms with Crippen molar-refractivity contribution < 1.29 is 10.2 Å². The number of aliphatic hydroxyl groups excluding tert-OH is 1. The fraction of sp³-hybridized carbons (Fsp3) is 0.692. The largest absolute Gasteiger partial charge is 0.388 e. The van der Waals surface area contributed by atoms with Crippen LogP contribution in [-0.2, 0) is 0 Å². The molecule has 1 aromatic heterocycles. The summed E-state index contributed by atoms with van der Waals surface area (Å²) in [6.45, 7) is 6.97. The minimum Gasteiger partial charge on any atom is -0.388 e. The Hall–Kier alpha value is -1.20. The Morgan fingerprint density at radius 2 is 2.22 bits per heavy atom. The van der Waals surface area contributed by atoms with Gasteiger partial charge in [0, 0.05) is 24.8 Å². The van der Waals surface area contributed by atoms with Crippen molar-refractivity contribution in [3.8, 4) is 0 Å². The van der Waals surface area contributed by atoms with Crippen molar-refractivity contribution in [2.45, 2.75) is 44.8 Å². The lowest BCUT2D eigenvalue weighted by Crippen LogP contribution is -2.54. The first-order valence-electron chi connectivity index (χ1n) is 6.37. The van der Waals surface area contributed by atoms with Crippen molar-refractivity contribution in [2.75, 3.05) is 18.0 Å². The maximum Gasteiger partial charge on any atom is 0.135 e. The van der Waals surface area contributed by atoms with Gasteiger partial charge in [-0.25, -0.2) is 9.97 Å². The van der Waals surface area contributed by atoms with Crippen LogP contribution in [0.5, 0.6) is 0 Å². The van der Waals surface area contributed by atoms with Gasteiger partial charge in [0.05, 0.1) is 11.7 Å². The second-order valence-electron chi connectivity index (χ2n) is 5.53. The minimum atomic E-state index is -0.998. The van der Waals surface area contributed by atoms with Crippen molar-refractivity contribution in [1.29, 1.82) is 0 Å². The number of hydrogen-bond donors (Lipinski definition) is 2. The second-order valence-corrected chi connectivity index (χ2v) is 5.53. The van der Waals surface area contributed by atoms with Gasteiger partial charge in [-0.15, -0.1) is 0 Å². The van der Waals surface area contributed by atoms with Crippen LogP contribution in [0.15, 0.2) is 12.5 Å². The van der Waals surface area contributed by atoms with Gasteiger partial charge in [0.15, 0.2) is 0 Å². The van der Waals surface area contributed by atoms with Crippen LogP contribution in [0.25, 0.3) is 0 Å². The van der Waals surface area contributed by atoms with E-state index in [2.05, 4.69) is 23.8 Å². The third kappa shape index (κ3) is 2.47. The molecule has 0 bridgehead atoms. The van der Waals surface area contributed by atoms with Crippen LogP contribution < -0.4 is 4.90 Å². The summed E-state index contributed by atoms with van der Waals surface area (Å²) in [6.07, 6.45) is 3.14. The van der Waals surface area contributed by atoms with Gasteiger partial charge in [-0.05, 0) is 19.3 Å². The number of piperidine rings is 1. The molecule has 0 radical (unpaired) electrons. The van der Waals surface area contributed by atoms with Gasteiger partial charge >= 0.3 is 0 Å². The van der Waals surface area contributed by atoms with E-state index in [-0.39, 0.29) is 0 Å². The Kier molecular flexibility index (Phi) is 3.54. The molecule has 5 nitrogen and oxygen atoms in total. The van der Waals surface area contributed by atoms with Crippen LogP contribution in [0.4, 0.5) is 5.82 Å². The van der Waals surface area contributed by atoms with E-state index in [1.54, 1.807) is 6.92 Å². The molecule has 100 valence electrons. The van der Waals surface area contributed by atoms with E-state index in [9.17, 15) is 10.2 Å². The standard InChI is InChI=1S/C13H21N3O2/c1-9(2)10-6-14-8-15-12(10)16-5-4-13(3,18)11(17)7-16/h6,8-9,11,17-18H,4-5,7H2,1-3H3/t11-,13+/m1/s1.